The van der Waals surface area contributed by atoms with E-state index in [1.807, 2.05) is 36.1 Å². The van der Waals surface area contributed by atoms with Gasteiger partial charge in [-0.1, -0.05) is 12.1 Å². The third-order valence-corrected chi connectivity index (χ3v) is 6.24. The van der Waals surface area contributed by atoms with E-state index in [0.29, 0.717) is 24.7 Å². The number of pyridine rings is 1. The Hall–Kier alpha value is -2.47. The number of hydrogen-bond acceptors (Lipinski definition) is 4. The van der Waals surface area contributed by atoms with Gasteiger partial charge < -0.3 is 14.7 Å². The predicted octanol–water partition coefficient (Wildman–Crippen LogP) is 3.30. The number of anilines is 1. The molecule has 2 saturated heterocycles. The molecule has 2 fully saturated rings. The van der Waals surface area contributed by atoms with E-state index in [1.54, 1.807) is 6.07 Å². The van der Waals surface area contributed by atoms with Crippen LogP contribution in [0.4, 0.5) is 10.2 Å². The van der Waals surface area contributed by atoms with Crippen LogP contribution in [0.15, 0.2) is 36.4 Å². The average Bonchev–Trinajstić information content (AvgIpc) is 2.76. The standard InChI is InChI=1S/C23H29FN4O/c1-17-6-7-19(24)16-20(17)18-8-10-28(11-9-18)23(29)21-4-3-5-22(25-21)27-14-12-26(2)13-15-27/h3-7,16,18H,8-15H2,1-2H3. The molecule has 4 rings (SSSR count). The van der Waals surface area contributed by atoms with Crippen LogP contribution in [0, 0.1) is 12.7 Å². The third kappa shape index (κ3) is 4.42. The number of halogens is 1. The number of piperazine rings is 1. The maximum atomic E-state index is 13.7. The highest BCUT2D eigenvalue weighted by molar-refractivity contribution is 5.92. The van der Waals surface area contributed by atoms with Gasteiger partial charge in [0.25, 0.3) is 5.91 Å². The fraction of sp³-hybridized carbons (Fsp3) is 0.478. The Bertz CT molecular complexity index is 871. The maximum absolute atomic E-state index is 13.7. The van der Waals surface area contributed by atoms with Crippen LogP contribution in [-0.2, 0) is 0 Å². The number of carbonyl (C=O) groups is 1. The molecule has 0 N–H and O–H groups in total. The Morgan fingerprint density at radius 3 is 2.48 bits per heavy atom. The number of hydrogen-bond donors (Lipinski definition) is 0. The fourth-order valence-corrected chi connectivity index (χ4v) is 4.36. The zero-order valence-corrected chi connectivity index (χ0v) is 17.3. The molecule has 0 saturated carbocycles. The number of aryl methyl sites for hydroxylation is 1. The van der Waals surface area contributed by atoms with Gasteiger partial charge in [0, 0.05) is 39.3 Å². The number of aromatic nitrogens is 1. The van der Waals surface area contributed by atoms with Crippen LogP contribution in [0.3, 0.4) is 0 Å². The van der Waals surface area contributed by atoms with E-state index in [9.17, 15) is 9.18 Å². The van der Waals surface area contributed by atoms with Gasteiger partial charge in [0.1, 0.15) is 17.3 Å². The van der Waals surface area contributed by atoms with Crippen molar-refractivity contribution in [1.29, 1.82) is 0 Å². The van der Waals surface area contributed by atoms with Gasteiger partial charge in [0.2, 0.25) is 0 Å². The van der Waals surface area contributed by atoms with Crippen molar-refractivity contribution in [1.82, 2.24) is 14.8 Å². The second kappa shape index (κ2) is 8.49. The van der Waals surface area contributed by atoms with Crippen LogP contribution in [-0.4, -0.2) is 67.0 Å². The van der Waals surface area contributed by atoms with E-state index < -0.39 is 0 Å². The predicted molar refractivity (Wildman–Crippen MR) is 113 cm³/mol. The fourth-order valence-electron chi connectivity index (χ4n) is 4.36. The third-order valence-electron chi connectivity index (χ3n) is 6.24. The summed E-state index contributed by atoms with van der Waals surface area (Å²) in [5.41, 5.74) is 2.71. The van der Waals surface area contributed by atoms with Crippen molar-refractivity contribution in [3.8, 4) is 0 Å². The van der Waals surface area contributed by atoms with Gasteiger partial charge in [-0.05, 0) is 68.1 Å². The number of amides is 1. The largest absolute Gasteiger partial charge is 0.354 e. The molecule has 0 bridgehead atoms. The summed E-state index contributed by atoms with van der Waals surface area (Å²) in [7, 11) is 2.12. The Labute approximate surface area is 172 Å². The molecule has 2 aromatic rings. The summed E-state index contributed by atoms with van der Waals surface area (Å²) in [4.78, 5) is 24.1. The lowest BCUT2D eigenvalue weighted by Crippen LogP contribution is -2.45. The minimum Gasteiger partial charge on any atom is -0.354 e. The highest BCUT2D eigenvalue weighted by Crippen LogP contribution is 2.31. The molecule has 2 aliphatic heterocycles. The molecule has 2 aliphatic rings. The van der Waals surface area contributed by atoms with E-state index in [2.05, 4.69) is 21.8 Å². The summed E-state index contributed by atoms with van der Waals surface area (Å²) in [5.74, 6) is 0.998. The van der Waals surface area contributed by atoms with Crippen molar-refractivity contribution in [2.24, 2.45) is 0 Å². The van der Waals surface area contributed by atoms with E-state index >= 15 is 0 Å². The van der Waals surface area contributed by atoms with Gasteiger partial charge in [0.05, 0.1) is 0 Å². The van der Waals surface area contributed by atoms with Gasteiger partial charge in [-0.3, -0.25) is 4.79 Å². The van der Waals surface area contributed by atoms with Crippen LogP contribution in [0.2, 0.25) is 0 Å². The van der Waals surface area contributed by atoms with Gasteiger partial charge in [-0.2, -0.15) is 0 Å². The number of carbonyl (C=O) groups excluding carboxylic acids is 1. The van der Waals surface area contributed by atoms with Crippen molar-refractivity contribution >= 4 is 11.7 Å². The van der Waals surface area contributed by atoms with Crippen LogP contribution in [0.1, 0.15) is 40.4 Å². The number of likely N-dealkylation sites (tertiary alicyclic amines) is 1. The minimum atomic E-state index is -0.186. The van der Waals surface area contributed by atoms with E-state index in [0.717, 1.165) is 56.0 Å². The molecule has 0 aliphatic carbocycles. The molecule has 1 aromatic carbocycles. The molecule has 29 heavy (non-hydrogen) atoms. The molecule has 0 radical (unpaired) electrons. The lowest BCUT2D eigenvalue weighted by atomic mass is 9.86. The quantitative estimate of drug-likeness (QED) is 0.798. The SMILES string of the molecule is Cc1ccc(F)cc1C1CCN(C(=O)c2cccc(N3CCN(C)CC3)n2)CC1. The summed E-state index contributed by atoms with van der Waals surface area (Å²) in [6, 6.07) is 10.7. The van der Waals surface area contributed by atoms with E-state index in [1.165, 1.54) is 6.07 Å². The van der Waals surface area contributed by atoms with Crippen LogP contribution in [0.5, 0.6) is 0 Å². The van der Waals surface area contributed by atoms with Crippen molar-refractivity contribution < 1.29 is 9.18 Å². The second-order valence-electron chi connectivity index (χ2n) is 8.24. The molecule has 3 heterocycles. The topological polar surface area (TPSA) is 39.7 Å². The van der Waals surface area contributed by atoms with E-state index in [-0.39, 0.29) is 11.7 Å². The molecule has 5 nitrogen and oxygen atoms in total. The Morgan fingerprint density at radius 1 is 1.03 bits per heavy atom. The van der Waals surface area contributed by atoms with Crippen LogP contribution < -0.4 is 4.90 Å². The lowest BCUT2D eigenvalue weighted by molar-refractivity contribution is 0.0707. The summed E-state index contributed by atoms with van der Waals surface area (Å²) < 4.78 is 13.7. The molecular formula is C23H29FN4O. The molecule has 6 heteroatoms. The molecule has 1 aromatic heterocycles. The smallest absolute Gasteiger partial charge is 0.272 e. The van der Waals surface area contributed by atoms with Gasteiger partial charge in [-0.15, -0.1) is 0 Å². The molecule has 154 valence electrons. The summed E-state index contributed by atoms with van der Waals surface area (Å²) in [6.45, 7) is 7.26. The summed E-state index contributed by atoms with van der Waals surface area (Å²) >= 11 is 0. The number of piperidine rings is 1. The number of benzene rings is 1. The van der Waals surface area contributed by atoms with Crippen LogP contribution >= 0.6 is 0 Å². The number of nitrogens with zero attached hydrogens (tertiary/aromatic N) is 4. The summed E-state index contributed by atoms with van der Waals surface area (Å²) in [5, 5.41) is 0. The zero-order valence-electron chi connectivity index (χ0n) is 17.3. The van der Waals surface area contributed by atoms with Crippen molar-refractivity contribution in [3.63, 3.8) is 0 Å². The van der Waals surface area contributed by atoms with Crippen molar-refractivity contribution in [2.45, 2.75) is 25.7 Å². The van der Waals surface area contributed by atoms with Crippen molar-refractivity contribution in [3.05, 3.63) is 59.0 Å². The zero-order chi connectivity index (χ0) is 20.4. The van der Waals surface area contributed by atoms with Crippen molar-refractivity contribution in [2.75, 3.05) is 51.2 Å². The highest BCUT2D eigenvalue weighted by atomic mass is 19.1. The van der Waals surface area contributed by atoms with E-state index in [4.69, 9.17) is 0 Å². The number of likely N-dealkylation sites (N-methyl/N-ethyl adjacent to an activating group) is 1. The minimum absolute atomic E-state index is 0.00427. The maximum Gasteiger partial charge on any atom is 0.272 e. The first-order valence-electron chi connectivity index (χ1n) is 10.5. The second-order valence-corrected chi connectivity index (χ2v) is 8.24. The van der Waals surface area contributed by atoms with Gasteiger partial charge >= 0.3 is 0 Å². The molecule has 0 atom stereocenters. The molecule has 0 unspecified atom stereocenters. The van der Waals surface area contributed by atoms with Gasteiger partial charge in [-0.25, -0.2) is 9.37 Å². The van der Waals surface area contributed by atoms with Crippen LogP contribution in [0.25, 0.3) is 0 Å². The first-order chi connectivity index (χ1) is 14.0. The lowest BCUT2D eigenvalue weighted by Gasteiger charge is -2.34. The average molecular weight is 397 g/mol. The Morgan fingerprint density at radius 2 is 1.76 bits per heavy atom. The highest BCUT2D eigenvalue weighted by Gasteiger charge is 2.27. The molecule has 0 spiro atoms. The Balaban J connectivity index is 1.41. The van der Waals surface area contributed by atoms with Gasteiger partial charge in [0.15, 0.2) is 0 Å². The molecular weight excluding hydrogens is 367 g/mol. The summed E-state index contributed by atoms with van der Waals surface area (Å²) in [6.07, 6.45) is 1.71. The normalized spacial score (nSPS) is 18.9. The first-order valence-corrected chi connectivity index (χ1v) is 10.5. The first kappa shape index (κ1) is 19.8. The monoisotopic (exact) mass is 396 g/mol. The number of rotatable bonds is 3. The molecule has 1 amide bonds. The Kier molecular flexibility index (Phi) is 5.81.